The van der Waals surface area contributed by atoms with Crippen LogP contribution in [-0.2, 0) is 34.8 Å². The third kappa shape index (κ3) is 4.22. The van der Waals surface area contributed by atoms with Crippen LogP contribution in [-0.4, -0.2) is 41.3 Å². The first-order valence-corrected chi connectivity index (χ1v) is 12.0. The maximum atomic E-state index is 12.7. The molecule has 0 saturated carbocycles. The standard InChI is InChI=1S/C20H24N4O3S2/c1-23-17-8-4-3-7-16(17)22-18(23)14-21-19(25)13-15-9-10-20(28-15)29(26,27)24-11-5-2-6-12-24/h3-4,7-10H,2,5-6,11-14H2,1H3,(H,21,25). The Kier molecular flexibility index (Phi) is 5.71. The summed E-state index contributed by atoms with van der Waals surface area (Å²) in [5.41, 5.74) is 1.91. The fourth-order valence-electron chi connectivity index (χ4n) is 3.58. The van der Waals surface area contributed by atoms with Gasteiger partial charge in [-0.2, -0.15) is 4.31 Å². The number of nitrogens with one attached hydrogen (secondary N) is 1. The Balaban J connectivity index is 1.38. The number of hydrogen-bond donors (Lipinski definition) is 1. The van der Waals surface area contributed by atoms with Gasteiger partial charge in [-0.05, 0) is 37.1 Å². The van der Waals surface area contributed by atoms with Crippen LogP contribution < -0.4 is 5.32 Å². The number of imidazole rings is 1. The van der Waals surface area contributed by atoms with Crippen molar-refractivity contribution in [1.29, 1.82) is 0 Å². The van der Waals surface area contributed by atoms with Crippen LogP contribution in [0.5, 0.6) is 0 Å². The number of nitrogens with zero attached hydrogens (tertiary/aromatic N) is 3. The highest BCUT2D eigenvalue weighted by atomic mass is 32.2. The van der Waals surface area contributed by atoms with Crippen molar-refractivity contribution >= 4 is 38.3 Å². The van der Waals surface area contributed by atoms with Crippen LogP contribution in [0.3, 0.4) is 0 Å². The number of sulfonamides is 1. The second-order valence-electron chi connectivity index (χ2n) is 7.21. The summed E-state index contributed by atoms with van der Waals surface area (Å²) in [4.78, 5) is 17.7. The second kappa shape index (κ2) is 8.25. The molecule has 4 rings (SSSR count). The summed E-state index contributed by atoms with van der Waals surface area (Å²) >= 11 is 1.18. The molecule has 3 heterocycles. The number of piperidine rings is 1. The predicted octanol–water partition coefficient (Wildman–Crippen LogP) is 2.67. The number of carbonyl (C=O) groups is 1. The average Bonchev–Trinajstić information content (AvgIpc) is 3.32. The SMILES string of the molecule is Cn1c(CNC(=O)Cc2ccc(S(=O)(=O)N3CCCCC3)s2)nc2ccccc21. The van der Waals surface area contributed by atoms with E-state index < -0.39 is 10.0 Å². The van der Waals surface area contributed by atoms with Gasteiger partial charge >= 0.3 is 0 Å². The van der Waals surface area contributed by atoms with E-state index in [1.54, 1.807) is 16.4 Å². The van der Waals surface area contributed by atoms with Crippen molar-refractivity contribution < 1.29 is 13.2 Å². The highest BCUT2D eigenvalue weighted by molar-refractivity contribution is 7.91. The molecule has 9 heteroatoms. The van der Waals surface area contributed by atoms with E-state index in [1.165, 1.54) is 11.3 Å². The molecule has 2 aromatic heterocycles. The minimum atomic E-state index is -3.45. The zero-order valence-corrected chi connectivity index (χ0v) is 17.9. The highest BCUT2D eigenvalue weighted by Crippen LogP contribution is 2.27. The van der Waals surface area contributed by atoms with Crippen LogP contribution in [0.25, 0.3) is 11.0 Å². The van der Waals surface area contributed by atoms with E-state index in [0.717, 1.165) is 41.0 Å². The van der Waals surface area contributed by atoms with Crippen molar-refractivity contribution in [3.8, 4) is 0 Å². The van der Waals surface area contributed by atoms with Gasteiger partial charge in [-0.3, -0.25) is 4.79 Å². The van der Waals surface area contributed by atoms with Crippen LogP contribution in [0, 0.1) is 0 Å². The van der Waals surface area contributed by atoms with Crippen molar-refractivity contribution in [2.75, 3.05) is 13.1 Å². The second-order valence-corrected chi connectivity index (χ2v) is 10.5. The molecule has 0 aliphatic carbocycles. The molecular formula is C20H24N4O3S2. The molecular weight excluding hydrogens is 408 g/mol. The molecule has 29 heavy (non-hydrogen) atoms. The molecule has 7 nitrogen and oxygen atoms in total. The number of thiophene rings is 1. The first-order valence-electron chi connectivity index (χ1n) is 9.71. The molecule has 1 fully saturated rings. The molecule has 0 atom stereocenters. The Labute approximate surface area is 174 Å². The Morgan fingerprint density at radius 1 is 1.14 bits per heavy atom. The summed E-state index contributed by atoms with van der Waals surface area (Å²) in [6.07, 6.45) is 3.04. The number of amides is 1. The van der Waals surface area contributed by atoms with Crippen molar-refractivity contribution in [1.82, 2.24) is 19.2 Å². The van der Waals surface area contributed by atoms with Crippen LogP contribution in [0.1, 0.15) is 30.0 Å². The molecule has 1 aliphatic rings. The van der Waals surface area contributed by atoms with E-state index in [4.69, 9.17) is 0 Å². The number of rotatable bonds is 6. The molecule has 0 radical (unpaired) electrons. The van der Waals surface area contributed by atoms with Gasteiger partial charge in [0, 0.05) is 25.0 Å². The van der Waals surface area contributed by atoms with Crippen LogP contribution in [0.4, 0.5) is 0 Å². The van der Waals surface area contributed by atoms with Crippen molar-refractivity contribution in [2.24, 2.45) is 7.05 Å². The number of benzene rings is 1. The Morgan fingerprint density at radius 2 is 1.90 bits per heavy atom. The summed E-state index contributed by atoms with van der Waals surface area (Å²) in [5.74, 6) is 0.625. The first kappa shape index (κ1) is 20.1. The van der Waals surface area contributed by atoms with Gasteiger partial charge in [0.25, 0.3) is 10.0 Å². The molecule has 0 unspecified atom stereocenters. The largest absolute Gasteiger partial charge is 0.349 e. The number of hydrogen-bond acceptors (Lipinski definition) is 5. The van der Waals surface area contributed by atoms with E-state index in [-0.39, 0.29) is 12.3 Å². The smallest absolute Gasteiger partial charge is 0.252 e. The highest BCUT2D eigenvalue weighted by Gasteiger charge is 2.27. The predicted molar refractivity (Wildman–Crippen MR) is 113 cm³/mol. The summed E-state index contributed by atoms with van der Waals surface area (Å²) in [5, 5.41) is 2.89. The van der Waals surface area contributed by atoms with Crippen molar-refractivity contribution in [3.05, 3.63) is 47.1 Å². The van der Waals surface area contributed by atoms with Crippen molar-refractivity contribution in [2.45, 2.75) is 36.4 Å². The molecule has 1 N–H and O–H groups in total. The third-order valence-electron chi connectivity index (χ3n) is 5.20. The Hall–Kier alpha value is -2.23. The molecule has 1 amide bonds. The maximum Gasteiger partial charge on any atom is 0.252 e. The molecule has 1 aromatic carbocycles. The van der Waals surface area contributed by atoms with Gasteiger partial charge in [-0.1, -0.05) is 18.6 Å². The lowest BCUT2D eigenvalue weighted by Gasteiger charge is -2.25. The van der Waals surface area contributed by atoms with Gasteiger partial charge in [0.05, 0.1) is 24.0 Å². The number of para-hydroxylation sites is 2. The Bertz CT molecular complexity index is 1130. The monoisotopic (exact) mass is 432 g/mol. The zero-order chi connectivity index (χ0) is 20.4. The fraction of sp³-hybridized carbons (Fsp3) is 0.400. The number of fused-ring (bicyclic) bond motifs is 1. The van der Waals surface area contributed by atoms with Gasteiger partial charge < -0.3 is 9.88 Å². The lowest BCUT2D eigenvalue weighted by atomic mass is 10.2. The minimum Gasteiger partial charge on any atom is -0.349 e. The number of aryl methyl sites for hydroxylation is 1. The molecule has 0 bridgehead atoms. The van der Waals surface area contributed by atoms with E-state index in [2.05, 4.69) is 10.3 Å². The van der Waals surface area contributed by atoms with Gasteiger partial charge in [0.1, 0.15) is 10.0 Å². The number of carbonyl (C=O) groups excluding carboxylic acids is 1. The van der Waals surface area contributed by atoms with Crippen LogP contribution >= 0.6 is 11.3 Å². The van der Waals surface area contributed by atoms with Gasteiger partial charge in [-0.25, -0.2) is 13.4 Å². The van der Waals surface area contributed by atoms with Crippen molar-refractivity contribution in [3.63, 3.8) is 0 Å². The lowest BCUT2D eigenvalue weighted by Crippen LogP contribution is -2.35. The average molecular weight is 433 g/mol. The van der Waals surface area contributed by atoms with E-state index in [1.807, 2.05) is 35.9 Å². The number of aromatic nitrogens is 2. The summed E-state index contributed by atoms with van der Waals surface area (Å²) in [7, 11) is -1.52. The lowest BCUT2D eigenvalue weighted by molar-refractivity contribution is -0.120. The normalized spacial score (nSPS) is 15.6. The van der Waals surface area contributed by atoms with Gasteiger partial charge in [-0.15, -0.1) is 11.3 Å². The van der Waals surface area contributed by atoms with E-state index >= 15 is 0 Å². The molecule has 1 aliphatic heterocycles. The molecule has 3 aromatic rings. The topological polar surface area (TPSA) is 84.3 Å². The summed E-state index contributed by atoms with van der Waals surface area (Å²) in [6, 6.07) is 11.2. The quantitative estimate of drug-likeness (QED) is 0.649. The summed E-state index contributed by atoms with van der Waals surface area (Å²) in [6.45, 7) is 1.48. The van der Waals surface area contributed by atoms with Crippen LogP contribution in [0.15, 0.2) is 40.6 Å². The molecule has 0 spiro atoms. The molecule has 1 saturated heterocycles. The molecule has 154 valence electrons. The Morgan fingerprint density at radius 3 is 2.66 bits per heavy atom. The maximum absolute atomic E-state index is 12.7. The van der Waals surface area contributed by atoms with E-state index in [0.29, 0.717) is 23.8 Å². The zero-order valence-electron chi connectivity index (χ0n) is 16.3. The minimum absolute atomic E-state index is 0.152. The van der Waals surface area contributed by atoms with Gasteiger partial charge in [0.15, 0.2) is 0 Å². The van der Waals surface area contributed by atoms with Gasteiger partial charge in [0.2, 0.25) is 5.91 Å². The van der Waals surface area contributed by atoms with E-state index in [9.17, 15) is 13.2 Å². The summed E-state index contributed by atoms with van der Waals surface area (Å²) < 4.78 is 29.3. The van der Waals surface area contributed by atoms with Crippen LogP contribution in [0.2, 0.25) is 0 Å². The third-order valence-corrected chi connectivity index (χ3v) is 8.66. The first-order chi connectivity index (χ1) is 13.9. The fourth-order valence-corrected chi connectivity index (χ4v) is 6.60.